The van der Waals surface area contributed by atoms with Gasteiger partial charge in [0.2, 0.25) is 0 Å². The van der Waals surface area contributed by atoms with Gasteiger partial charge >= 0.3 is 0 Å². The molecule has 0 atom stereocenters. The summed E-state index contributed by atoms with van der Waals surface area (Å²) in [6, 6.07) is 0. The van der Waals surface area contributed by atoms with E-state index in [0.717, 1.165) is 25.1 Å². The molecule has 0 bridgehead atoms. The van der Waals surface area contributed by atoms with Gasteiger partial charge in [-0.25, -0.2) is 0 Å². The van der Waals surface area contributed by atoms with Crippen LogP contribution >= 0.6 is 0 Å². The van der Waals surface area contributed by atoms with E-state index in [0.29, 0.717) is 6.61 Å². The van der Waals surface area contributed by atoms with Crippen LogP contribution in [0.4, 0.5) is 0 Å². The van der Waals surface area contributed by atoms with Crippen LogP contribution in [0.5, 0.6) is 0 Å². The summed E-state index contributed by atoms with van der Waals surface area (Å²) in [5.74, 6) is 0. The summed E-state index contributed by atoms with van der Waals surface area (Å²) in [7, 11) is 4.13. The molecule has 0 heterocycles. The highest BCUT2D eigenvalue weighted by Gasteiger charge is 1.97. The predicted octanol–water partition coefficient (Wildman–Crippen LogP) is 1.74. The van der Waals surface area contributed by atoms with Gasteiger partial charge in [0, 0.05) is 13.0 Å². The molecule has 0 spiro atoms. The third-order valence-electron chi connectivity index (χ3n) is 1.58. The summed E-state index contributed by atoms with van der Waals surface area (Å²) in [5.41, 5.74) is 1.14. The Morgan fingerprint density at radius 1 is 1.33 bits per heavy atom. The number of nitrogens with zero attached hydrogens (tertiary/aromatic N) is 2. The Balaban J connectivity index is 3.66. The van der Waals surface area contributed by atoms with Crippen molar-refractivity contribution in [1.82, 2.24) is 4.90 Å². The van der Waals surface area contributed by atoms with Crippen molar-refractivity contribution in [2.75, 3.05) is 27.2 Å². The van der Waals surface area contributed by atoms with E-state index in [4.69, 9.17) is 4.84 Å². The lowest BCUT2D eigenvalue weighted by Crippen LogP contribution is -2.16. The number of hydrogen-bond donors (Lipinski definition) is 0. The van der Waals surface area contributed by atoms with Crippen LogP contribution in [0.1, 0.15) is 26.7 Å². The van der Waals surface area contributed by atoms with E-state index >= 15 is 0 Å². The third-order valence-corrected chi connectivity index (χ3v) is 1.58. The summed E-state index contributed by atoms with van der Waals surface area (Å²) in [6.07, 6.45) is 1.98. The second-order valence-corrected chi connectivity index (χ2v) is 2.98. The first-order chi connectivity index (χ1) is 5.70. The Labute approximate surface area is 75.4 Å². The van der Waals surface area contributed by atoms with Gasteiger partial charge in [-0.15, -0.1) is 0 Å². The summed E-state index contributed by atoms with van der Waals surface area (Å²) < 4.78 is 0. The molecule has 0 unspecified atom stereocenters. The molecule has 0 N–H and O–H groups in total. The average Bonchev–Trinajstić information content (AvgIpc) is 2.05. The molecule has 3 nitrogen and oxygen atoms in total. The van der Waals surface area contributed by atoms with Crippen LogP contribution < -0.4 is 0 Å². The van der Waals surface area contributed by atoms with Gasteiger partial charge in [-0.1, -0.05) is 12.1 Å². The lowest BCUT2D eigenvalue weighted by atomic mass is 10.2. The minimum absolute atomic E-state index is 0.658. The molecule has 0 aliphatic rings. The molecule has 72 valence electrons. The van der Waals surface area contributed by atoms with Gasteiger partial charge in [0.15, 0.2) is 0 Å². The second kappa shape index (κ2) is 7.10. The minimum atomic E-state index is 0.658. The molecular weight excluding hydrogens is 152 g/mol. The maximum Gasteiger partial charge on any atom is 0.114 e. The molecule has 0 radical (unpaired) electrons. The van der Waals surface area contributed by atoms with Gasteiger partial charge in [-0.05, 0) is 27.4 Å². The van der Waals surface area contributed by atoms with Gasteiger partial charge in [-0.3, -0.25) is 0 Å². The van der Waals surface area contributed by atoms with Crippen molar-refractivity contribution in [3.8, 4) is 0 Å². The molecule has 0 rings (SSSR count). The van der Waals surface area contributed by atoms with E-state index in [1.165, 1.54) is 0 Å². The molecule has 0 saturated carbocycles. The van der Waals surface area contributed by atoms with Crippen molar-refractivity contribution in [3.05, 3.63) is 0 Å². The smallest absolute Gasteiger partial charge is 0.114 e. The summed E-state index contributed by atoms with van der Waals surface area (Å²) in [5, 5.41) is 4.02. The van der Waals surface area contributed by atoms with Gasteiger partial charge in [-0.2, -0.15) is 0 Å². The van der Waals surface area contributed by atoms with Gasteiger partial charge in [0.05, 0.1) is 5.71 Å². The van der Waals surface area contributed by atoms with E-state index < -0.39 is 0 Å². The standard InChI is InChI=1S/C9H20N2O/c1-5-9(10-12-6-2)7-8-11(3)4/h5-8H2,1-4H3. The third kappa shape index (κ3) is 6.16. The van der Waals surface area contributed by atoms with Crippen molar-refractivity contribution in [2.24, 2.45) is 5.16 Å². The van der Waals surface area contributed by atoms with Crippen molar-refractivity contribution >= 4 is 5.71 Å². The molecule has 0 aromatic heterocycles. The Morgan fingerprint density at radius 3 is 2.42 bits per heavy atom. The highest BCUT2D eigenvalue weighted by atomic mass is 16.6. The molecule has 0 aliphatic heterocycles. The van der Waals surface area contributed by atoms with Crippen LogP contribution in [-0.2, 0) is 4.84 Å². The number of rotatable bonds is 6. The summed E-state index contributed by atoms with van der Waals surface area (Å²) >= 11 is 0. The largest absolute Gasteiger partial charge is 0.396 e. The first-order valence-electron chi connectivity index (χ1n) is 4.53. The lowest BCUT2D eigenvalue weighted by molar-refractivity contribution is 0.157. The predicted molar refractivity (Wildman–Crippen MR) is 52.5 cm³/mol. The maximum absolute atomic E-state index is 4.99. The Morgan fingerprint density at radius 2 is 2.00 bits per heavy atom. The van der Waals surface area contributed by atoms with Crippen LogP contribution in [-0.4, -0.2) is 37.9 Å². The zero-order chi connectivity index (χ0) is 9.40. The first kappa shape index (κ1) is 11.4. The quantitative estimate of drug-likeness (QED) is 0.450. The van der Waals surface area contributed by atoms with Gasteiger partial charge in [0.1, 0.15) is 6.61 Å². The molecular formula is C9H20N2O. The molecule has 0 fully saturated rings. The fraction of sp³-hybridized carbons (Fsp3) is 0.889. The van der Waals surface area contributed by atoms with E-state index in [-0.39, 0.29) is 0 Å². The van der Waals surface area contributed by atoms with Crippen LogP contribution in [0, 0.1) is 0 Å². The minimum Gasteiger partial charge on any atom is -0.396 e. The maximum atomic E-state index is 4.99. The zero-order valence-corrected chi connectivity index (χ0v) is 8.63. The van der Waals surface area contributed by atoms with E-state index in [9.17, 15) is 0 Å². The Hall–Kier alpha value is -0.570. The van der Waals surface area contributed by atoms with Gasteiger partial charge < -0.3 is 9.74 Å². The Kier molecular flexibility index (Phi) is 6.76. The average molecular weight is 172 g/mol. The zero-order valence-electron chi connectivity index (χ0n) is 8.63. The number of hydrogen-bond acceptors (Lipinski definition) is 3. The summed E-state index contributed by atoms with van der Waals surface area (Å²) in [4.78, 5) is 7.14. The van der Waals surface area contributed by atoms with Crippen molar-refractivity contribution in [2.45, 2.75) is 26.7 Å². The van der Waals surface area contributed by atoms with Crippen LogP contribution in [0.3, 0.4) is 0 Å². The second-order valence-electron chi connectivity index (χ2n) is 2.98. The van der Waals surface area contributed by atoms with E-state index in [1.807, 2.05) is 6.92 Å². The van der Waals surface area contributed by atoms with Crippen molar-refractivity contribution in [1.29, 1.82) is 0 Å². The fourth-order valence-electron chi connectivity index (χ4n) is 0.795. The molecule has 0 aliphatic carbocycles. The highest BCUT2D eigenvalue weighted by Crippen LogP contribution is 1.95. The fourth-order valence-corrected chi connectivity index (χ4v) is 0.795. The van der Waals surface area contributed by atoms with E-state index in [2.05, 4.69) is 31.1 Å². The summed E-state index contributed by atoms with van der Waals surface area (Å²) in [6.45, 7) is 5.75. The SMILES string of the molecule is CCON=C(CC)CCN(C)C. The van der Waals surface area contributed by atoms with Crippen LogP contribution in [0.2, 0.25) is 0 Å². The van der Waals surface area contributed by atoms with Crippen molar-refractivity contribution in [3.63, 3.8) is 0 Å². The highest BCUT2D eigenvalue weighted by molar-refractivity contribution is 5.83. The van der Waals surface area contributed by atoms with Gasteiger partial charge in [0.25, 0.3) is 0 Å². The molecule has 0 amide bonds. The molecule has 0 aromatic rings. The number of oxime groups is 1. The monoisotopic (exact) mass is 172 g/mol. The topological polar surface area (TPSA) is 24.8 Å². The molecule has 0 saturated heterocycles. The molecule has 12 heavy (non-hydrogen) atoms. The lowest BCUT2D eigenvalue weighted by Gasteiger charge is -2.09. The van der Waals surface area contributed by atoms with E-state index in [1.54, 1.807) is 0 Å². The Bertz CT molecular complexity index is 132. The van der Waals surface area contributed by atoms with Crippen LogP contribution in [0.15, 0.2) is 5.16 Å². The molecule has 3 heteroatoms. The van der Waals surface area contributed by atoms with Crippen molar-refractivity contribution < 1.29 is 4.84 Å². The molecule has 0 aromatic carbocycles. The normalized spacial score (nSPS) is 12.2. The van der Waals surface area contributed by atoms with Crippen LogP contribution in [0.25, 0.3) is 0 Å². The first-order valence-corrected chi connectivity index (χ1v) is 4.53.